The highest BCUT2D eigenvalue weighted by atomic mass is 35.5. The second-order valence-electron chi connectivity index (χ2n) is 5.64. The lowest BCUT2D eigenvalue weighted by molar-refractivity contribution is 0.0509. The maximum atomic E-state index is 12.1. The summed E-state index contributed by atoms with van der Waals surface area (Å²) < 4.78 is 5.32. The SMILES string of the molecule is O=C(OCCc1ccc(Cl)cc1)c1ccc(-c2ccc(O)cc2)cc1. The fourth-order valence-electron chi connectivity index (χ4n) is 2.45. The molecule has 0 heterocycles. The van der Waals surface area contributed by atoms with Crippen molar-refractivity contribution in [2.24, 2.45) is 0 Å². The van der Waals surface area contributed by atoms with Crippen LogP contribution >= 0.6 is 11.6 Å². The van der Waals surface area contributed by atoms with Crippen LogP contribution in [0.3, 0.4) is 0 Å². The predicted octanol–water partition coefficient (Wildman–Crippen LogP) is 5.11. The third kappa shape index (κ3) is 4.61. The molecule has 25 heavy (non-hydrogen) atoms. The molecule has 3 nitrogen and oxygen atoms in total. The number of hydrogen-bond acceptors (Lipinski definition) is 3. The Labute approximate surface area is 151 Å². The standard InChI is InChI=1S/C21H17ClO3/c22-19-9-1-15(2-10-19)13-14-25-21(24)18-5-3-16(4-6-18)17-7-11-20(23)12-8-17/h1-12,23H,13-14H2. The van der Waals surface area contributed by atoms with Crippen LogP contribution in [0.15, 0.2) is 72.8 Å². The molecule has 0 aliphatic rings. The molecule has 3 rings (SSSR count). The molecular weight excluding hydrogens is 336 g/mol. The Bertz CT molecular complexity index is 838. The van der Waals surface area contributed by atoms with Crippen LogP contribution in [0.25, 0.3) is 11.1 Å². The molecule has 0 aliphatic heterocycles. The molecule has 0 unspecified atom stereocenters. The van der Waals surface area contributed by atoms with E-state index >= 15 is 0 Å². The van der Waals surface area contributed by atoms with Gasteiger partial charge in [-0.25, -0.2) is 4.79 Å². The number of phenolic OH excluding ortho intramolecular Hbond substituents is 1. The zero-order valence-electron chi connectivity index (χ0n) is 13.5. The van der Waals surface area contributed by atoms with E-state index in [0.29, 0.717) is 23.6 Å². The second kappa shape index (κ2) is 7.86. The molecule has 4 heteroatoms. The Kier molecular flexibility index (Phi) is 5.36. The van der Waals surface area contributed by atoms with Crippen molar-refractivity contribution in [2.75, 3.05) is 6.61 Å². The van der Waals surface area contributed by atoms with Gasteiger partial charge in [-0.3, -0.25) is 0 Å². The first-order chi connectivity index (χ1) is 12.1. The molecule has 0 saturated carbocycles. The minimum Gasteiger partial charge on any atom is -0.508 e. The highest BCUT2D eigenvalue weighted by Crippen LogP contribution is 2.22. The lowest BCUT2D eigenvalue weighted by Gasteiger charge is -2.07. The summed E-state index contributed by atoms with van der Waals surface area (Å²) in [4.78, 5) is 12.1. The van der Waals surface area contributed by atoms with Gasteiger partial charge in [-0.15, -0.1) is 0 Å². The molecule has 3 aromatic carbocycles. The van der Waals surface area contributed by atoms with Gasteiger partial charge in [0.25, 0.3) is 0 Å². The molecule has 126 valence electrons. The molecule has 0 amide bonds. The number of rotatable bonds is 5. The molecule has 3 aromatic rings. The van der Waals surface area contributed by atoms with E-state index in [1.165, 1.54) is 0 Å². The second-order valence-corrected chi connectivity index (χ2v) is 6.07. The average Bonchev–Trinajstić information content (AvgIpc) is 2.64. The molecule has 0 aliphatic carbocycles. The van der Waals surface area contributed by atoms with Crippen molar-refractivity contribution in [1.29, 1.82) is 0 Å². The van der Waals surface area contributed by atoms with Gasteiger partial charge in [0.05, 0.1) is 12.2 Å². The largest absolute Gasteiger partial charge is 0.508 e. The summed E-state index contributed by atoms with van der Waals surface area (Å²) in [7, 11) is 0. The van der Waals surface area contributed by atoms with E-state index in [1.807, 2.05) is 48.5 Å². The molecule has 0 bridgehead atoms. The van der Waals surface area contributed by atoms with Gasteiger partial charge in [0, 0.05) is 11.4 Å². The molecule has 0 atom stereocenters. The van der Waals surface area contributed by atoms with Crippen LogP contribution in [-0.2, 0) is 11.2 Å². The summed E-state index contributed by atoms with van der Waals surface area (Å²) in [6.07, 6.45) is 0.647. The van der Waals surface area contributed by atoms with Crippen molar-refractivity contribution in [3.05, 3.63) is 88.9 Å². The topological polar surface area (TPSA) is 46.5 Å². The number of carbonyl (C=O) groups is 1. The Hall–Kier alpha value is -2.78. The number of ether oxygens (including phenoxy) is 1. The van der Waals surface area contributed by atoms with Crippen molar-refractivity contribution >= 4 is 17.6 Å². The fourth-order valence-corrected chi connectivity index (χ4v) is 2.57. The smallest absolute Gasteiger partial charge is 0.338 e. The van der Waals surface area contributed by atoms with Gasteiger partial charge in [0.1, 0.15) is 5.75 Å². The van der Waals surface area contributed by atoms with Crippen molar-refractivity contribution in [2.45, 2.75) is 6.42 Å². The third-order valence-electron chi connectivity index (χ3n) is 3.86. The normalized spacial score (nSPS) is 10.4. The first-order valence-electron chi connectivity index (χ1n) is 7.93. The Morgan fingerprint density at radius 3 is 2.00 bits per heavy atom. The van der Waals surface area contributed by atoms with Gasteiger partial charge >= 0.3 is 5.97 Å². The average molecular weight is 353 g/mol. The van der Waals surface area contributed by atoms with E-state index in [1.54, 1.807) is 24.3 Å². The molecule has 0 radical (unpaired) electrons. The van der Waals surface area contributed by atoms with Crippen molar-refractivity contribution < 1.29 is 14.6 Å². The summed E-state index contributed by atoms with van der Waals surface area (Å²) >= 11 is 5.84. The first kappa shape index (κ1) is 17.1. The number of phenols is 1. The summed E-state index contributed by atoms with van der Waals surface area (Å²) in [6, 6.07) is 21.6. The van der Waals surface area contributed by atoms with Crippen LogP contribution in [0, 0.1) is 0 Å². The molecular formula is C21H17ClO3. The predicted molar refractivity (Wildman–Crippen MR) is 99.0 cm³/mol. The van der Waals surface area contributed by atoms with Crippen LogP contribution in [0.2, 0.25) is 5.02 Å². The van der Waals surface area contributed by atoms with E-state index in [-0.39, 0.29) is 11.7 Å². The number of halogens is 1. The lowest BCUT2D eigenvalue weighted by Crippen LogP contribution is -2.08. The van der Waals surface area contributed by atoms with Crippen molar-refractivity contribution in [1.82, 2.24) is 0 Å². The van der Waals surface area contributed by atoms with E-state index in [9.17, 15) is 9.90 Å². The highest BCUT2D eigenvalue weighted by Gasteiger charge is 2.07. The summed E-state index contributed by atoms with van der Waals surface area (Å²) in [5.41, 5.74) is 3.52. The number of esters is 1. The zero-order valence-corrected chi connectivity index (χ0v) is 14.2. The number of carbonyl (C=O) groups excluding carboxylic acids is 1. The van der Waals surface area contributed by atoms with Gasteiger partial charge in [-0.05, 0) is 53.1 Å². The van der Waals surface area contributed by atoms with Gasteiger partial charge in [-0.1, -0.05) is 48.0 Å². The number of aromatic hydroxyl groups is 1. The first-order valence-corrected chi connectivity index (χ1v) is 8.31. The molecule has 0 fully saturated rings. The van der Waals surface area contributed by atoms with E-state index in [2.05, 4.69) is 0 Å². The fraction of sp³-hybridized carbons (Fsp3) is 0.0952. The zero-order chi connectivity index (χ0) is 17.6. The van der Waals surface area contributed by atoms with E-state index < -0.39 is 0 Å². The van der Waals surface area contributed by atoms with Gasteiger partial charge in [-0.2, -0.15) is 0 Å². The van der Waals surface area contributed by atoms with E-state index in [4.69, 9.17) is 16.3 Å². The monoisotopic (exact) mass is 352 g/mol. The van der Waals surface area contributed by atoms with Gasteiger partial charge < -0.3 is 9.84 Å². The third-order valence-corrected chi connectivity index (χ3v) is 4.11. The molecule has 0 saturated heterocycles. The van der Waals surface area contributed by atoms with Gasteiger partial charge in [0.2, 0.25) is 0 Å². The van der Waals surface area contributed by atoms with Crippen molar-refractivity contribution in [3.63, 3.8) is 0 Å². The minimum absolute atomic E-state index is 0.227. The number of hydrogen-bond donors (Lipinski definition) is 1. The van der Waals surface area contributed by atoms with Crippen molar-refractivity contribution in [3.8, 4) is 16.9 Å². The Morgan fingerprint density at radius 2 is 1.40 bits per heavy atom. The van der Waals surface area contributed by atoms with Crippen LogP contribution in [-0.4, -0.2) is 17.7 Å². The van der Waals surface area contributed by atoms with Crippen LogP contribution in [0.1, 0.15) is 15.9 Å². The van der Waals surface area contributed by atoms with Crippen LogP contribution < -0.4 is 0 Å². The highest BCUT2D eigenvalue weighted by molar-refractivity contribution is 6.30. The van der Waals surface area contributed by atoms with Crippen LogP contribution in [0.5, 0.6) is 5.75 Å². The molecule has 1 N–H and O–H groups in total. The van der Waals surface area contributed by atoms with Crippen LogP contribution in [0.4, 0.5) is 0 Å². The molecule has 0 spiro atoms. The van der Waals surface area contributed by atoms with E-state index in [0.717, 1.165) is 16.7 Å². The summed E-state index contributed by atoms with van der Waals surface area (Å²) in [5, 5.41) is 10.0. The number of benzene rings is 3. The maximum absolute atomic E-state index is 12.1. The lowest BCUT2D eigenvalue weighted by atomic mass is 10.0. The maximum Gasteiger partial charge on any atom is 0.338 e. The minimum atomic E-state index is -0.341. The van der Waals surface area contributed by atoms with Gasteiger partial charge in [0.15, 0.2) is 0 Å². The molecule has 0 aromatic heterocycles. The quantitative estimate of drug-likeness (QED) is 0.649. The Morgan fingerprint density at radius 1 is 0.840 bits per heavy atom. The summed E-state index contributed by atoms with van der Waals surface area (Å²) in [5.74, 6) is -0.115. The summed E-state index contributed by atoms with van der Waals surface area (Å²) in [6.45, 7) is 0.320. The Balaban J connectivity index is 1.57.